The summed E-state index contributed by atoms with van der Waals surface area (Å²) in [6.07, 6.45) is 1.57. The van der Waals surface area contributed by atoms with E-state index in [4.69, 9.17) is 25.5 Å². The molecule has 0 aliphatic rings. The molecule has 0 radical (unpaired) electrons. The average Bonchev–Trinajstić information content (AvgIpc) is 3.05. The highest BCUT2D eigenvalue weighted by molar-refractivity contribution is 6.28. The molecule has 0 unspecified atom stereocenters. The third kappa shape index (κ3) is 3.66. The maximum atomic E-state index is 5.92. The minimum absolute atomic E-state index is 0.132. The predicted octanol–water partition coefficient (Wildman–Crippen LogP) is 3.90. The summed E-state index contributed by atoms with van der Waals surface area (Å²) in [5, 5.41) is 3.20. The first kappa shape index (κ1) is 17.0. The van der Waals surface area contributed by atoms with E-state index in [2.05, 4.69) is 20.3 Å². The summed E-state index contributed by atoms with van der Waals surface area (Å²) in [5.74, 6) is 1.78. The van der Waals surface area contributed by atoms with Gasteiger partial charge in [0.05, 0.1) is 14.2 Å². The summed E-state index contributed by atoms with van der Waals surface area (Å²) in [6, 6.07) is 7.59. The van der Waals surface area contributed by atoms with Gasteiger partial charge in [-0.15, -0.1) is 0 Å². The van der Waals surface area contributed by atoms with Crippen LogP contribution in [-0.2, 0) is 0 Å². The maximum absolute atomic E-state index is 5.92. The quantitative estimate of drug-likeness (QED) is 0.667. The van der Waals surface area contributed by atoms with Crippen LogP contribution in [0.5, 0.6) is 11.5 Å². The van der Waals surface area contributed by atoms with Crippen LogP contribution in [0, 0.1) is 0 Å². The molecular weight excluding hydrogens is 344 g/mol. The normalized spacial score (nSPS) is 10.6. The molecule has 0 fully saturated rings. The number of nitrogens with zero attached hydrogens (tertiary/aromatic N) is 3. The Balaban J connectivity index is 2.18. The molecule has 3 aromatic rings. The molecule has 7 nitrogen and oxygen atoms in total. The van der Waals surface area contributed by atoms with Crippen LogP contribution in [0.4, 0.5) is 6.01 Å². The van der Waals surface area contributed by atoms with Crippen molar-refractivity contribution in [1.82, 2.24) is 15.0 Å². The van der Waals surface area contributed by atoms with Crippen LogP contribution in [0.1, 0.15) is 6.92 Å². The lowest BCUT2D eigenvalue weighted by atomic mass is 10.1. The van der Waals surface area contributed by atoms with Crippen molar-refractivity contribution < 1.29 is 13.9 Å². The van der Waals surface area contributed by atoms with Crippen molar-refractivity contribution in [3.8, 4) is 34.2 Å². The minimum atomic E-state index is 0.132. The first-order valence-corrected chi connectivity index (χ1v) is 7.99. The van der Waals surface area contributed by atoms with Gasteiger partial charge >= 0.3 is 0 Å². The number of nitrogens with one attached hydrogen (secondary N) is 1. The molecule has 0 bridgehead atoms. The van der Waals surface area contributed by atoms with Crippen LogP contribution < -0.4 is 14.8 Å². The van der Waals surface area contributed by atoms with Crippen molar-refractivity contribution in [1.29, 1.82) is 0 Å². The molecule has 1 N–H and O–H groups in total. The second-order valence-corrected chi connectivity index (χ2v) is 5.38. The summed E-state index contributed by atoms with van der Waals surface area (Å²) in [6.45, 7) is 2.63. The number of aromatic nitrogens is 3. The molecule has 0 saturated carbocycles. The Hall–Kier alpha value is -2.80. The first-order chi connectivity index (χ1) is 12.1. The third-order valence-electron chi connectivity index (χ3n) is 3.44. The zero-order valence-electron chi connectivity index (χ0n) is 14.0. The maximum Gasteiger partial charge on any atom is 0.295 e. The molecule has 1 aromatic carbocycles. The number of methoxy groups -OCH3 is 2. The summed E-state index contributed by atoms with van der Waals surface area (Å²) >= 11 is 5.92. The molecular formula is C17H17ClN4O3. The highest BCUT2D eigenvalue weighted by Gasteiger charge is 2.19. The molecule has 2 heterocycles. The zero-order chi connectivity index (χ0) is 17.8. The van der Waals surface area contributed by atoms with Gasteiger partial charge in [-0.2, -0.15) is 4.98 Å². The van der Waals surface area contributed by atoms with Gasteiger partial charge in [-0.1, -0.05) is 0 Å². The number of hydrogen-bond acceptors (Lipinski definition) is 7. The second-order valence-electron chi connectivity index (χ2n) is 5.04. The standard InChI is InChI=1S/C17H17ClN4O3/c1-4-19-17-22-14(10-7-11(23-2)9-12(8-10)24-3)15(25-17)13-5-6-20-16(18)21-13/h5-9H,4H2,1-3H3,(H,19,22). The van der Waals surface area contributed by atoms with Crippen molar-refractivity contribution in [3.63, 3.8) is 0 Å². The van der Waals surface area contributed by atoms with Crippen molar-refractivity contribution in [2.45, 2.75) is 6.92 Å². The van der Waals surface area contributed by atoms with Crippen molar-refractivity contribution in [2.75, 3.05) is 26.1 Å². The Morgan fingerprint density at radius 3 is 2.44 bits per heavy atom. The molecule has 3 rings (SSSR count). The predicted molar refractivity (Wildman–Crippen MR) is 95.2 cm³/mol. The zero-order valence-corrected chi connectivity index (χ0v) is 14.8. The van der Waals surface area contributed by atoms with Gasteiger partial charge in [0.2, 0.25) is 5.28 Å². The average molecular weight is 361 g/mol. The Morgan fingerprint density at radius 1 is 1.12 bits per heavy atom. The van der Waals surface area contributed by atoms with E-state index in [1.807, 2.05) is 19.1 Å². The monoisotopic (exact) mass is 360 g/mol. The van der Waals surface area contributed by atoms with Gasteiger partial charge in [0.1, 0.15) is 22.9 Å². The number of anilines is 1. The summed E-state index contributed by atoms with van der Waals surface area (Å²) < 4.78 is 16.5. The number of rotatable bonds is 6. The van der Waals surface area contributed by atoms with Crippen LogP contribution >= 0.6 is 11.6 Å². The molecule has 0 spiro atoms. The molecule has 0 atom stereocenters. The lowest BCUT2D eigenvalue weighted by Gasteiger charge is -2.07. The van der Waals surface area contributed by atoms with Crippen molar-refractivity contribution in [3.05, 3.63) is 35.7 Å². The lowest BCUT2D eigenvalue weighted by Crippen LogP contribution is -1.96. The summed E-state index contributed by atoms with van der Waals surface area (Å²) in [7, 11) is 3.19. The molecule has 0 amide bonds. The third-order valence-corrected chi connectivity index (χ3v) is 3.62. The van der Waals surface area contributed by atoms with Crippen LogP contribution in [0.3, 0.4) is 0 Å². The van der Waals surface area contributed by atoms with E-state index in [1.54, 1.807) is 32.5 Å². The fraction of sp³-hybridized carbons (Fsp3) is 0.235. The van der Waals surface area contributed by atoms with E-state index in [0.29, 0.717) is 41.2 Å². The fourth-order valence-corrected chi connectivity index (χ4v) is 2.47. The Bertz CT molecular complexity index is 860. The number of hydrogen-bond donors (Lipinski definition) is 1. The Labute approximate surface area is 150 Å². The summed E-state index contributed by atoms with van der Waals surface area (Å²) in [5.41, 5.74) is 1.91. The number of benzene rings is 1. The lowest BCUT2D eigenvalue weighted by molar-refractivity contribution is 0.394. The first-order valence-electron chi connectivity index (χ1n) is 7.61. The van der Waals surface area contributed by atoms with Gasteiger partial charge in [-0.05, 0) is 36.7 Å². The molecule has 2 aromatic heterocycles. The molecule has 0 saturated heterocycles. The van der Waals surface area contributed by atoms with E-state index in [-0.39, 0.29) is 5.28 Å². The second kappa shape index (κ2) is 7.40. The van der Waals surface area contributed by atoms with Gasteiger partial charge < -0.3 is 19.2 Å². The van der Waals surface area contributed by atoms with Crippen LogP contribution in [0.15, 0.2) is 34.9 Å². The van der Waals surface area contributed by atoms with Crippen LogP contribution in [0.25, 0.3) is 22.7 Å². The molecule has 0 aliphatic carbocycles. The van der Waals surface area contributed by atoms with E-state index >= 15 is 0 Å². The molecule has 0 aliphatic heterocycles. The van der Waals surface area contributed by atoms with Gasteiger partial charge in [0, 0.05) is 24.4 Å². The smallest absolute Gasteiger partial charge is 0.295 e. The fourth-order valence-electron chi connectivity index (χ4n) is 2.32. The van der Waals surface area contributed by atoms with Crippen molar-refractivity contribution >= 4 is 17.6 Å². The van der Waals surface area contributed by atoms with Gasteiger partial charge in [-0.25, -0.2) is 9.97 Å². The number of halogens is 1. The number of ether oxygens (including phenoxy) is 2. The van der Waals surface area contributed by atoms with E-state index in [1.165, 1.54) is 0 Å². The van der Waals surface area contributed by atoms with Gasteiger partial charge in [-0.3, -0.25) is 0 Å². The van der Waals surface area contributed by atoms with Crippen LogP contribution in [0.2, 0.25) is 5.28 Å². The van der Waals surface area contributed by atoms with E-state index in [9.17, 15) is 0 Å². The molecule has 130 valence electrons. The van der Waals surface area contributed by atoms with Gasteiger partial charge in [0.15, 0.2) is 5.76 Å². The number of oxazole rings is 1. The van der Waals surface area contributed by atoms with Gasteiger partial charge in [0.25, 0.3) is 6.01 Å². The summed E-state index contributed by atoms with van der Waals surface area (Å²) in [4.78, 5) is 12.7. The SMILES string of the molecule is CCNc1nc(-c2cc(OC)cc(OC)c2)c(-c2ccnc(Cl)n2)o1. The van der Waals surface area contributed by atoms with E-state index < -0.39 is 0 Å². The molecule has 25 heavy (non-hydrogen) atoms. The van der Waals surface area contributed by atoms with Crippen LogP contribution in [-0.4, -0.2) is 35.7 Å². The molecule has 8 heteroatoms. The highest BCUT2D eigenvalue weighted by atomic mass is 35.5. The topological polar surface area (TPSA) is 82.3 Å². The Morgan fingerprint density at radius 2 is 1.84 bits per heavy atom. The van der Waals surface area contributed by atoms with E-state index in [0.717, 1.165) is 5.56 Å². The largest absolute Gasteiger partial charge is 0.497 e. The Kier molecular flexibility index (Phi) is 5.04. The highest BCUT2D eigenvalue weighted by Crippen LogP contribution is 2.37. The van der Waals surface area contributed by atoms with Crippen molar-refractivity contribution in [2.24, 2.45) is 0 Å². The minimum Gasteiger partial charge on any atom is -0.497 e.